The Morgan fingerprint density at radius 1 is 1.31 bits per heavy atom. The maximum atomic E-state index is 5.69. The Morgan fingerprint density at radius 2 is 2.06 bits per heavy atom. The van der Waals surface area contributed by atoms with Crippen LogP contribution in [0.1, 0.15) is 18.5 Å². The highest BCUT2D eigenvalue weighted by Crippen LogP contribution is 2.17. The Bertz CT molecular complexity index is 319. The molecule has 4 nitrogen and oxygen atoms in total. The fraction of sp³-hybridized carbons (Fsp3) is 0.636. The third kappa shape index (κ3) is 3.14. The van der Waals surface area contributed by atoms with Crippen LogP contribution in [0.5, 0.6) is 0 Å². The van der Waals surface area contributed by atoms with E-state index in [0.717, 1.165) is 31.9 Å². The van der Waals surface area contributed by atoms with Crippen LogP contribution in [0.25, 0.3) is 0 Å². The highest BCUT2D eigenvalue weighted by atomic mass is 35.5. The summed E-state index contributed by atoms with van der Waals surface area (Å²) in [6.07, 6.45) is 2.38. The van der Waals surface area contributed by atoms with Crippen LogP contribution in [-0.4, -0.2) is 34.7 Å². The van der Waals surface area contributed by atoms with Crippen molar-refractivity contribution in [3.8, 4) is 0 Å². The zero-order valence-corrected chi connectivity index (χ0v) is 10.0. The van der Waals surface area contributed by atoms with Crippen molar-refractivity contribution in [3.05, 3.63) is 23.0 Å². The molecule has 1 saturated heterocycles. The largest absolute Gasteiger partial charge is 0.330 e. The normalized spacial score (nSPS) is 18.9. The van der Waals surface area contributed by atoms with Gasteiger partial charge in [0.15, 0.2) is 5.15 Å². The van der Waals surface area contributed by atoms with Gasteiger partial charge in [-0.15, -0.1) is 5.10 Å². The molecule has 1 aromatic heterocycles. The van der Waals surface area contributed by atoms with Crippen LogP contribution in [0, 0.1) is 5.92 Å². The van der Waals surface area contributed by atoms with Crippen LogP contribution in [0.3, 0.4) is 0 Å². The third-order valence-electron chi connectivity index (χ3n) is 3.11. The summed E-state index contributed by atoms with van der Waals surface area (Å²) in [4.78, 5) is 2.39. The summed E-state index contributed by atoms with van der Waals surface area (Å²) in [6, 6.07) is 3.72. The van der Waals surface area contributed by atoms with Gasteiger partial charge in [-0.1, -0.05) is 11.6 Å². The lowest BCUT2D eigenvalue weighted by Crippen LogP contribution is -2.35. The van der Waals surface area contributed by atoms with Crippen LogP contribution in [0.15, 0.2) is 12.1 Å². The molecule has 0 bridgehead atoms. The maximum Gasteiger partial charge on any atom is 0.151 e. The van der Waals surface area contributed by atoms with Crippen molar-refractivity contribution in [2.24, 2.45) is 11.7 Å². The number of rotatable bonds is 3. The second-order valence-electron chi connectivity index (χ2n) is 4.30. The molecule has 0 radical (unpaired) electrons. The van der Waals surface area contributed by atoms with Crippen molar-refractivity contribution < 1.29 is 0 Å². The molecule has 0 aliphatic carbocycles. The van der Waals surface area contributed by atoms with Crippen molar-refractivity contribution in [1.29, 1.82) is 0 Å². The average molecular weight is 241 g/mol. The number of halogens is 1. The summed E-state index contributed by atoms with van der Waals surface area (Å²) in [6.45, 7) is 3.88. The predicted molar refractivity (Wildman–Crippen MR) is 64.1 cm³/mol. The molecule has 0 aromatic carbocycles. The number of hydrogen-bond acceptors (Lipinski definition) is 4. The van der Waals surface area contributed by atoms with Gasteiger partial charge in [0, 0.05) is 6.54 Å². The minimum Gasteiger partial charge on any atom is -0.330 e. The van der Waals surface area contributed by atoms with Crippen LogP contribution in [0.2, 0.25) is 5.15 Å². The summed E-state index contributed by atoms with van der Waals surface area (Å²) in [5, 5.41) is 8.36. The summed E-state index contributed by atoms with van der Waals surface area (Å²) >= 11 is 5.69. The van der Waals surface area contributed by atoms with E-state index >= 15 is 0 Å². The van der Waals surface area contributed by atoms with Crippen LogP contribution < -0.4 is 5.73 Å². The standard InChI is InChI=1S/C11H17ClN4/c12-11-2-1-10(14-15-11)8-16-5-3-9(7-13)4-6-16/h1-2,9H,3-8,13H2. The molecule has 1 fully saturated rings. The molecule has 1 aromatic rings. The van der Waals surface area contributed by atoms with E-state index in [0.29, 0.717) is 11.1 Å². The molecule has 88 valence electrons. The monoisotopic (exact) mass is 240 g/mol. The number of nitrogens with two attached hydrogens (primary N) is 1. The first kappa shape index (κ1) is 11.8. The van der Waals surface area contributed by atoms with Gasteiger partial charge in [-0.05, 0) is 50.5 Å². The van der Waals surface area contributed by atoms with Gasteiger partial charge in [-0.25, -0.2) is 0 Å². The van der Waals surface area contributed by atoms with Crippen molar-refractivity contribution in [3.63, 3.8) is 0 Å². The summed E-state index contributed by atoms with van der Waals surface area (Å²) in [7, 11) is 0. The first-order chi connectivity index (χ1) is 7.78. The molecule has 0 amide bonds. The van der Waals surface area contributed by atoms with E-state index in [1.54, 1.807) is 6.07 Å². The van der Waals surface area contributed by atoms with Crippen LogP contribution >= 0.6 is 11.6 Å². The molecule has 0 atom stereocenters. The van der Waals surface area contributed by atoms with E-state index in [-0.39, 0.29) is 0 Å². The number of hydrogen-bond donors (Lipinski definition) is 1. The lowest BCUT2D eigenvalue weighted by Gasteiger charge is -2.30. The lowest BCUT2D eigenvalue weighted by molar-refractivity contribution is 0.178. The van der Waals surface area contributed by atoms with E-state index in [4.69, 9.17) is 17.3 Å². The molecule has 16 heavy (non-hydrogen) atoms. The second-order valence-corrected chi connectivity index (χ2v) is 4.69. The molecule has 5 heteroatoms. The minimum absolute atomic E-state index is 0.450. The van der Waals surface area contributed by atoms with Gasteiger partial charge in [0.1, 0.15) is 0 Å². The average Bonchev–Trinajstić information content (AvgIpc) is 2.33. The van der Waals surface area contributed by atoms with Gasteiger partial charge in [0.2, 0.25) is 0 Å². The van der Waals surface area contributed by atoms with Crippen LogP contribution in [0.4, 0.5) is 0 Å². The summed E-state index contributed by atoms with van der Waals surface area (Å²) in [5.41, 5.74) is 6.64. The Labute approximate surface area is 101 Å². The molecule has 0 spiro atoms. The molecular formula is C11H17ClN4. The molecule has 2 N–H and O–H groups in total. The van der Waals surface area contributed by atoms with Gasteiger partial charge in [0.25, 0.3) is 0 Å². The van der Waals surface area contributed by atoms with Crippen molar-refractivity contribution in [2.45, 2.75) is 19.4 Å². The molecule has 0 saturated carbocycles. The summed E-state index contributed by atoms with van der Waals surface area (Å²) < 4.78 is 0. The van der Waals surface area contributed by atoms with E-state index < -0.39 is 0 Å². The molecule has 1 aliphatic rings. The van der Waals surface area contributed by atoms with Crippen LogP contribution in [-0.2, 0) is 6.54 Å². The Morgan fingerprint density at radius 3 is 2.62 bits per heavy atom. The molecule has 0 unspecified atom stereocenters. The molecule has 1 aliphatic heterocycles. The third-order valence-corrected chi connectivity index (χ3v) is 3.31. The fourth-order valence-electron chi connectivity index (χ4n) is 2.04. The zero-order valence-electron chi connectivity index (χ0n) is 9.27. The first-order valence-corrected chi connectivity index (χ1v) is 6.06. The highest BCUT2D eigenvalue weighted by molar-refractivity contribution is 6.29. The first-order valence-electron chi connectivity index (χ1n) is 5.68. The Balaban J connectivity index is 1.84. The quantitative estimate of drug-likeness (QED) is 0.866. The number of nitrogens with zero attached hydrogens (tertiary/aromatic N) is 3. The summed E-state index contributed by atoms with van der Waals surface area (Å²) in [5.74, 6) is 0.701. The molecular weight excluding hydrogens is 224 g/mol. The smallest absolute Gasteiger partial charge is 0.151 e. The van der Waals surface area contributed by atoms with E-state index in [9.17, 15) is 0 Å². The van der Waals surface area contributed by atoms with E-state index in [1.165, 1.54) is 12.8 Å². The SMILES string of the molecule is NCC1CCN(Cc2ccc(Cl)nn2)CC1. The van der Waals surface area contributed by atoms with E-state index in [1.807, 2.05) is 6.07 Å². The van der Waals surface area contributed by atoms with Crippen molar-refractivity contribution >= 4 is 11.6 Å². The van der Waals surface area contributed by atoms with Crippen molar-refractivity contribution in [1.82, 2.24) is 15.1 Å². The lowest BCUT2D eigenvalue weighted by atomic mass is 9.97. The van der Waals surface area contributed by atoms with Gasteiger partial charge in [0.05, 0.1) is 5.69 Å². The Kier molecular flexibility index (Phi) is 4.09. The second kappa shape index (κ2) is 5.57. The number of likely N-dealkylation sites (tertiary alicyclic amines) is 1. The maximum absolute atomic E-state index is 5.69. The van der Waals surface area contributed by atoms with E-state index in [2.05, 4.69) is 15.1 Å². The topological polar surface area (TPSA) is 55.0 Å². The predicted octanol–water partition coefficient (Wildman–Crippen LogP) is 1.30. The molecule has 2 heterocycles. The Hall–Kier alpha value is -0.710. The highest BCUT2D eigenvalue weighted by Gasteiger charge is 2.18. The number of piperidine rings is 1. The zero-order chi connectivity index (χ0) is 11.4. The van der Waals surface area contributed by atoms with Gasteiger partial charge in [-0.2, -0.15) is 5.10 Å². The van der Waals surface area contributed by atoms with Crippen molar-refractivity contribution in [2.75, 3.05) is 19.6 Å². The minimum atomic E-state index is 0.450. The van der Waals surface area contributed by atoms with Gasteiger partial charge in [-0.3, -0.25) is 4.90 Å². The van der Waals surface area contributed by atoms with Gasteiger partial charge < -0.3 is 5.73 Å². The molecule has 2 rings (SSSR count). The fourth-order valence-corrected chi connectivity index (χ4v) is 2.14. The van der Waals surface area contributed by atoms with Gasteiger partial charge >= 0.3 is 0 Å². The number of aromatic nitrogens is 2.